The first-order chi connectivity index (χ1) is 12.8. The molecule has 1 fully saturated rings. The van der Waals surface area contributed by atoms with Crippen LogP contribution in [0.15, 0.2) is 40.8 Å². The Kier molecular flexibility index (Phi) is 5.54. The highest BCUT2D eigenvalue weighted by atomic mass is 16.4. The van der Waals surface area contributed by atoms with Gasteiger partial charge in [-0.3, -0.25) is 9.69 Å². The van der Waals surface area contributed by atoms with Gasteiger partial charge in [0.1, 0.15) is 11.4 Å². The zero-order valence-electron chi connectivity index (χ0n) is 15.6. The Bertz CT molecular complexity index is 862. The van der Waals surface area contributed by atoms with Crippen LogP contribution in [0.3, 0.4) is 0 Å². The predicted molar refractivity (Wildman–Crippen MR) is 101 cm³/mol. The summed E-state index contributed by atoms with van der Waals surface area (Å²) in [5, 5.41) is 19.2. The standard InChI is InChI=1S/C21H24N2O4/c1-21(2,26)9-8-18-6-7-19(27-18)20(25)23-12-10-22(11-13-23)15-16-4-3-5-17(24)14-16/h3-7,14,24,26H,10-13,15H2,1-2H3. The van der Waals surface area contributed by atoms with Gasteiger partial charge in [-0.25, -0.2) is 0 Å². The molecule has 2 aromatic rings. The average molecular weight is 368 g/mol. The minimum absolute atomic E-state index is 0.150. The third kappa shape index (κ3) is 5.36. The summed E-state index contributed by atoms with van der Waals surface area (Å²) in [5.74, 6) is 6.14. The van der Waals surface area contributed by atoms with Gasteiger partial charge < -0.3 is 19.5 Å². The molecule has 1 amide bonds. The number of piperazine rings is 1. The second kappa shape index (κ2) is 7.87. The maximum Gasteiger partial charge on any atom is 0.289 e. The molecule has 0 spiro atoms. The average Bonchev–Trinajstić information content (AvgIpc) is 3.09. The second-order valence-corrected chi connectivity index (χ2v) is 7.21. The van der Waals surface area contributed by atoms with E-state index in [4.69, 9.17) is 4.42 Å². The van der Waals surface area contributed by atoms with Gasteiger partial charge >= 0.3 is 0 Å². The van der Waals surface area contributed by atoms with Crippen LogP contribution in [0.25, 0.3) is 0 Å². The number of carbonyl (C=O) groups excluding carboxylic acids is 1. The summed E-state index contributed by atoms with van der Waals surface area (Å²) < 4.78 is 5.51. The summed E-state index contributed by atoms with van der Waals surface area (Å²) in [4.78, 5) is 16.6. The molecule has 1 aliphatic heterocycles. The van der Waals surface area contributed by atoms with Gasteiger partial charge in [-0.2, -0.15) is 0 Å². The molecule has 1 saturated heterocycles. The molecule has 0 aliphatic carbocycles. The molecule has 0 atom stereocenters. The van der Waals surface area contributed by atoms with Crippen molar-refractivity contribution in [2.24, 2.45) is 0 Å². The molecule has 0 radical (unpaired) electrons. The van der Waals surface area contributed by atoms with E-state index in [1.165, 1.54) is 0 Å². The third-order valence-corrected chi connectivity index (χ3v) is 4.28. The Morgan fingerprint density at radius 2 is 1.93 bits per heavy atom. The molecule has 1 aliphatic rings. The van der Waals surface area contributed by atoms with Crippen molar-refractivity contribution < 1.29 is 19.4 Å². The maximum absolute atomic E-state index is 12.6. The Morgan fingerprint density at radius 3 is 2.59 bits per heavy atom. The Labute approximate surface area is 159 Å². The van der Waals surface area contributed by atoms with Crippen LogP contribution < -0.4 is 0 Å². The zero-order valence-corrected chi connectivity index (χ0v) is 15.6. The fraction of sp³-hybridized carbons (Fsp3) is 0.381. The number of aromatic hydroxyl groups is 1. The number of phenols is 1. The Balaban J connectivity index is 1.55. The SMILES string of the molecule is CC(C)(O)C#Cc1ccc(C(=O)N2CCN(Cc3cccc(O)c3)CC2)o1. The number of carbonyl (C=O) groups is 1. The Hall–Kier alpha value is -2.75. The zero-order chi connectivity index (χ0) is 19.4. The number of benzene rings is 1. The topological polar surface area (TPSA) is 77.2 Å². The number of furan rings is 1. The molecular formula is C21H24N2O4. The molecule has 6 nitrogen and oxygen atoms in total. The van der Waals surface area contributed by atoms with Crippen molar-refractivity contribution in [1.29, 1.82) is 0 Å². The van der Waals surface area contributed by atoms with Gasteiger partial charge in [0.2, 0.25) is 0 Å². The molecule has 2 heterocycles. The van der Waals surface area contributed by atoms with Crippen molar-refractivity contribution in [2.45, 2.75) is 26.0 Å². The van der Waals surface area contributed by atoms with Crippen LogP contribution in [-0.2, 0) is 6.54 Å². The quantitative estimate of drug-likeness (QED) is 0.811. The molecule has 0 saturated carbocycles. The number of nitrogens with zero attached hydrogens (tertiary/aromatic N) is 2. The maximum atomic E-state index is 12.6. The lowest BCUT2D eigenvalue weighted by Crippen LogP contribution is -2.48. The fourth-order valence-corrected chi connectivity index (χ4v) is 2.91. The molecule has 2 N–H and O–H groups in total. The number of aliphatic hydroxyl groups is 1. The van der Waals surface area contributed by atoms with E-state index >= 15 is 0 Å². The summed E-state index contributed by atoms with van der Waals surface area (Å²) in [6.45, 7) is 6.66. The highest BCUT2D eigenvalue weighted by Gasteiger charge is 2.24. The van der Waals surface area contributed by atoms with Crippen LogP contribution in [0, 0.1) is 11.8 Å². The summed E-state index contributed by atoms with van der Waals surface area (Å²) >= 11 is 0. The minimum Gasteiger partial charge on any atom is -0.508 e. The van der Waals surface area contributed by atoms with Crippen molar-refractivity contribution in [3.63, 3.8) is 0 Å². The lowest BCUT2D eigenvalue weighted by Gasteiger charge is -2.34. The van der Waals surface area contributed by atoms with E-state index < -0.39 is 5.60 Å². The van der Waals surface area contributed by atoms with Crippen molar-refractivity contribution in [3.8, 4) is 17.6 Å². The third-order valence-electron chi connectivity index (χ3n) is 4.28. The normalized spacial score (nSPS) is 15.3. The molecule has 142 valence electrons. The van der Waals surface area contributed by atoms with E-state index in [-0.39, 0.29) is 17.4 Å². The van der Waals surface area contributed by atoms with Gasteiger partial charge in [0.05, 0.1) is 0 Å². The Morgan fingerprint density at radius 1 is 1.19 bits per heavy atom. The van der Waals surface area contributed by atoms with Crippen LogP contribution in [0.1, 0.15) is 35.7 Å². The highest BCUT2D eigenvalue weighted by Crippen LogP contribution is 2.16. The number of hydrogen-bond donors (Lipinski definition) is 2. The van der Waals surface area contributed by atoms with E-state index in [1.807, 2.05) is 12.1 Å². The van der Waals surface area contributed by atoms with E-state index in [0.717, 1.165) is 25.2 Å². The highest BCUT2D eigenvalue weighted by molar-refractivity contribution is 5.91. The molecule has 1 aromatic carbocycles. The van der Waals surface area contributed by atoms with Crippen molar-refractivity contribution in [2.75, 3.05) is 26.2 Å². The minimum atomic E-state index is -1.11. The van der Waals surface area contributed by atoms with Crippen molar-refractivity contribution in [1.82, 2.24) is 9.80 Å². The summed E-state index contributed by atoms with van der Waals surface area (Å²) in [7, 11) is 0. The number of hydrogen-bond acceptors (Lipinski definition) is 5. The first-order valence-corrected chi connectivity index (χ1v) is 8.95. The first-order valence-electron chi connectivity index (χ1n) is 8.95. The number of phenolic OH excluding ortho intramolecular Hbond substituents is 1. The van der Waals surface area contributed by atoms with Gasteiger partial charge in [0, 0.05) is 32.7 Å². The van der Waals surface area contributed by atoms with Crippen molar-refractivity contribution in [3.05, 3.63) is 53.5 Å². The molecular weight excluding hydrogens is 344 g/mol. The molecule has 0 unspecified atom stereocenters. The molecule has 0 bridgehead atoms. The van der Waals surface area contributed by atoms with E-state index in [0.29, 0.717) is 18.8 Å². The summed E-state index contributed by atoms with van der Waals surface area (Å²) in [6, 6.07) is 10.5. The van der Waals surface area contributed by atoms with Gasteiger partial charge in [-0.15, -0.1) is 0 Å². The monoisotopic (exact) mass is 368 g/mol. The molecule has 6 heteroatoms. The molecule has 27 heavy (non-hydrogen) atoms. The van der Waals surface area contributed by atoms with Gasteiger partial charge in [-0.05, 0) is 49.6 Å². The lowest BCUT2D eigenvalue weighted by molar-refractivity contribution is 0.0597. The molecule has 1 aromatic heterocycles. The van der Waals surface area contributed by atoms with Crippen LogP contribution >= 0.6 is 0 Å². The molecule has 3 rings (SSSR count). The number of amides is 1. The number of rotatable bonds is 3. The fourth-order valence-electron chi connectivity index (χ4n) is 2.91. The van der Waals surface area contributed by atoms with Crippen LogP contribution in [0.2, 0.25) is 0 Å². The smallest absolute Gasteiger partial charge is 0.289 e. The van der Waals surface area contributed by atoms with Gasteiger partial charge in [-0.1, -0.05) is 18.1 Å². The van der Waals surface area contributed by atoms with Gasteiger partial charge in [0.15, 0.2) is 11.5 Å². The van der Waals surface area contributed by atoms with Crippen LogP contribution in [0.5, 0.6) is 5.75 Å². The predicted octanol–water partition coefficient (Wildman–Crippen LogP) is 2.07. The summed E-state index contributed by atoms with van der Waals surface area (Å²) in [6.07, 6.45) is 0. The van der Waals surface area contributed by atoms with Crippen LogP contribution in [0.4, 0.5) is 0 Å². The van der Waals surface area contributed by atoms with Crippen LogP contribution in [-0.4, -0.2) is 57.7 Å². The first kappa shape index (κ1) is 19.0. The summed E-state index contributed by atoms with van der Waals surface area (Å²) in [5.41, 5.74) is -0.0566. The van der Waals surface area contributed by atoms with E-state index in [2.05, 4.69) is 16.7 Å². The van der Waals surface area contributed by atoms with E-state index in [1.54, 1.807) is 43.0 Å². The lowest BCUT2D eigenvalue weighted by atomic mass is 10.1. The van der Waals surface area contributed by atoms with Gasteiger partial charge in [0.25, 0.3) is 5.91 Å². The van der Waals surface area contributed by atoms with E-state index in [9.17, 15) is 15.0 Å². The second-order valence-electron chi connectivity index (χ2n) is 7.21. The largest absolute Gasteiger partial charge is 0.508 e. The van der Waals surface area contributed by atoms with Crippen molar-refractivity contribution >= 4 is 5.91 Å².